The van der Waals surface area contributed by atoms with Crippen molar-refractivity contribution >= 4 is 29.9 Å². The first kappa shape index (κ1) is 21.9. The van der Waals surface area contributed by atoms with Gasteiger partial charge in [0.05, 0.1) is 26.4 Å². The standard InChI is InChI=1S/C17H34N4O2.HI/c1-5-18-17(20(4)11-16-6-8-22-13-16)19-10-14(2)21-7-9-23-12-15(21)3;/h14-16H,5-13H2,1-4H3,(H,18,19);1H. The Balaban J connectivity index is 0.00000288. The van der Waals surface area contributed by atoms with Crippen LogP contribution in [0.2, 0.25) is 0 Å². The molecule has 0 aliphatic carbocycles. The molecule has 0 amide bonds. The van der Waals surface area contributed by atoms with Gasteiger partial charge in [0, 0.05) is 51.3 Å². The smallest absolute Gasteiger partial charge is 0.193 e. The molecule has 2 saturated heterocycles. The average molecular weight is 454 g/mol. The van der Waals surface area contributed by atoms with E-state index in [0.717, 1.165) is 65.0 Å². The number of nitrogens with one attached hydrogen (secondary N) is 1. The van der Waals surface area contributed by atoms with E-state index in [1.165, 1.54) is 0 Å². The van der Waals surface area contributed by atoms with Gasteiger partial charge in [-0.15, -0.1) is 24.0 Å². The lowest BCUT2D eigenvalue weighted by Crippen LogP contribution is -2.50. The zero-order valence-corrected chi connectivity index (χ0v) is 18.0. The third kappa shape index (κ3) is 6.65. The maximum absolute atomic E-state index is 5.53. The highest BCUT2D eigenvalue weighted by atomic mass is 127. The lowest BCUT2D eigenvalue weighted by atomic mass is 10.1. The van der Waals surface area contributed by atoms with Crippen LogP contribution in [0.15, 0.2) is 4.99 Å². The van der Waals surface area contributed by atoms with E-state index < -0.39 is 0 Å². The van der Waals surface area contributed by atoms with Crippen molar-refractivity contribution in [3.8, 4) is 0 Å². The van der Waals surface area contributed by atoms with Crippen LogP contribution in [0, 0.1) is 5.92 Å². The van der Waals surface area contributed by atoms with E-state index in [2.05, 4.69) is 42.9 Å². The molecule has 24 heavy (non-hydrogen) atoms. The summed E-state index contributed by atoms with van der Waals surface area (Å²) >= 11 is 0. The fourth-order valence-electron chi connectivity index (χ4n) is 3.39. The van der Waals surface area contributed by atoms with Gasteiger partial charge in [0.2, 0.25) is 0 Å². The van der Waals surface area contributed by atoms with Gasteiger partial charge in [-0.25, -0.2) is 0 Å². The number of aliphatic imine (C=N–C) groups is 1. The Bertz CT molecular complexity index is 378. The van der Waals surface area contributed by atoms with E-state index in [1.54, 1.807) is 0 Å². The maximum atomic E-state index is 5.53. The van der Waals surface area contributed by atoms with Crippen molar-refractivity contribution in [3.63, 3.8) is 0 Å². The van der Waals surface area contributed by atoms with Gasteiger partial charge in [0.1, 0.15) is 0 Å². The number of halogens is 1. The normalized spacial score (nSPS) is 26.8. The fourth-order valence-corrected chi connectivity index (χ4v) is 3.39. The van der Waals surface area contributed by atoms with E-state index >= 15 is 0 Å². The number of rotatable bonds is 6. The van der Waals surface area contributed by atoms with E-state index in [9.17, 15) is 0 Å². The molecule has 0 bridgehead atoms. The zero-order chi connectivity index (χ0) is 16.7. The molecule has 2 fully saturated rings. The van der Waals surface area contributed by atoms with E-state index in [1.807, 2.05) is 0 Å². The van der Waals surface area contributed by atoms with Crippen molar-refractivity contribution in [2.24, 2.45) is 10.9 Å². The van der Waals surface area contributed by atoms with Gasteiger partial charge in [-0.3, -0.25) is 9.89 Å². The van der Waals surface area contributed by atoms with Crippen LogP contribution in [0.5, 0.6) is 0 Å². The third-order valence-electron chi connectivity index (χ3n) is 4.74. The Hall–Kier alpha value is -0.120. The molecule has 0 saturated carbocycles. The Morgan fingerprint density at radius 3 is 2.71 bits per heavy atom. The highest BCUT2D eigenvalue weighted by Gasteiger charge is 2.24. The van der Waals surface area contributed by atoms with Gasteiger partial charge < -0.3 is 19.7 Å². The number of hydrogen-bond donors (Lipinski definition) is 1. The molecule has 0 aromatic heterocycles. The molecule has 7 heteroatoms. The summed E-state index contributed by atoms with van der Waals surface area (Å²) in [5.74, 6) is 1.63. The van der Waals surface area contributed by atoms with E-state index in [4.69, 9.17) is 14.5 Å². The Morgan fingerprint density at radius 2 is 2.08 bits per heavy atom. The van der Waals surface area contributed by atoms with Crippen LogP contribution in [0.3, 0.4) is 0 Å². The Kier molecular flexibility index (Phi) is 10.5. The van der Waals surface area contributed by atoms with Crippen LogP contribution in [0.25, 0.3) is 0 Å². The van der Waals surface area contributed by atoms with Gasteiger partial charge in [-0.05, 0) is 27.2 Å². The van der Waals surface area contributed by atoms with Crippen molar-refractivity contribution in [1.82, 2.24) is 15.1 Å². The van der Waals surface area contributed by atoms with Crippen molar-refractivity contribution in [1.29, 1.82) is 0 Å². The number of guanidine groups is 1. The number of ether oxygens (including phenoxy) is 2. The van der Waals surface area contributed by atoms with Crippen LogP contribution in [-0.4, -0.2) is 87.5 Å². The molecule has 142 valence electrons. The molecular weight excluding hydrogens is 419 g/mol. The molecular formula is C17H35IN4O2. The summed E-state index contributed by atoms with van der Waals surface area (Å²) in [4.78, 5) is 9.62. The Morgan fingerprint density at radius 1 is 1.33 bits per heavy atom. The molecule has 2 aliphatic heterocycles. The first-order valence-electron chi connectivity index (χ1n) is 9.02. The van der Waals surface area contributed by atoms with Gasteiger partial charge in [0.15, 0.2) is 5.96 Å². The van der Waals surface area contributed by atoms with Crippen molar-refractivity contribution in [2.45, 2.75) is 39.3 Å². The van der Waals surface area contributed by atoms with Gasteiger partial charge in [-0.2, -0.15) is 0 Å². The number of morpholine rings is 1. The van der Waals surface area contributed by atoms with Crippen molar-refractivity contribution in [2.75, 3.05) is 59.7 Å². The van der Waals surface area contributed by atoms with Crippen molar-refractivity contribution < 1.29 is 9.47 Å². The second-order valence-electron chi connectivity index (χ2n) is 6.82. The summed E-state index contributed by atoms with van der Waals surface area (Å²) in [6, 6.07) is 0.913. The predicted octanol–water partition coefficient (Wildman–Crippen LogP) is 1.65. The maximum Gasteiger partial charge on any atom is 0.193 e. The number of nitrogens with zero attached hydrogens (tertiary/aromatic N) is 3. The summed E-state index contributed by atoms with van der Waals surface area (Å²) in [6.45, 7) is 13.8. The van der Waals surface area contributed by atoms with E-state index in [-0.39, 0.29) is 24.0 Å². The van der Waals surface area contributed by atoms with Gasteiger partial charge in [0.25, 0.3) is 0 Å². The summed E-state index contributed by atoms with van der Waals surface area (Å²) in [6.07, 6.45) is 1.16. The topological polar surface area (TPSA) is 49.3 Å². The molecule has 6 nitrogen and oxygen atoms in total. The molecule has 0 spiro atoms. The molecule has 3 atom stereocenters. The zero-order valence-electron chi connectivity index (χ0n) is 15.7. The molecule has 2 aliphatic rings. The Labute approximate surface area is 164 Å². The minimum absolute atomic E-state index is 0. The van der Waals surface area contributed by atoms with E-state index in [0.29, 0.717) is 18.0 Å². The minimum atomic E-state index is 0. The molecule has 1 N–H and O–H groups in total. The highest BCUT2D eigenvalue weighted by molar-refractivity contribution is 14.0. The summed E-state index contributed by atoms with van der Waals surface area (Å²) in [5.41, 5.74) is 0. The molecule has 2 heterocycles. The average Bonchev–Trinajstić information content (AvgIpc) is 3.04. The highest BCUT2D eigenvalue weighted by Crippen LogP contribution is 2.14. The molecule has 0 radical (unpaired) electrons. The first-order valence-corrected chi connectivity index (χ1v) is 9.02. The fraction of sp³-hybridized carbons (Fsp3) is 0.941. The van der Waals surface area contributed by atoms with Gasteiger partial charge >= 0.3 is 0 Å². The molecule has 2 rings (SSSR count). The minimum Gasteiger partial charge on any atom is -0.381 e. The third-order valence-corrected chi connectivity index (χ3v) is 4.74. The monoisotopic (exact) mass is 454 g/mol. The molecule has 0 aromatic carbocycles. The number of hydrogen-bond acceptors (Lipinski definition) is 4. The quantitative estimate of drug-likeness (QED) is 0.376. The lowest BCUT2D eigenvalue weighted by Gasteiger charge is -2.37. The van der Waals surface area contributed by atoms with Crippen LogP contribution in [0.4, 0.5) is 0 Å². The second kappa shape index (κ2) is 11.5. The predicted molar refractivity (Wildman–Crippen MR) is 109 cm³/mol. The SMILES string of the molecule is CCNC(=NCC(C)N1CCOCC1C)N(C)CC1CCOC1.I. The second-order valence-corrected chi connectivity index (χ2v) is 6.82. The summed E-state index contributed by atoms with van der Waals surface area (Å²) in [5, 5.41) is 3.42. The largest absolute Gasteiger partial charge is 0.381 e. The van der Waals surface area contributed by atoms with Crippen LogP contribution >= 0.6 is 24.0 Å². The van der Waals surface area contributed by atoms with Crippen LogP contribution < -0.4 is 5.32 Å². The summed E-state index contributed by atoms with van der Waals surface area (Å²) in [7, 11) is 2.13. The lowest BCUT2D eigenvalue weighted by molar-refractivity contribution is -0.0166. The molecule has 3 unspecified atom stereocenters. The molecule has 0 aromatic rings. The van der Waals surface area contributed by atoms with Gasteiger partial charge in [-0.1, -0.05) is 0 Å². The van der Waals surface area contributed by atoms with Crippen LogP contribution in [-0.2, 0) is 9.47 Å². The van der Waals surface area contributed by atoms with Crippen LogP contribution in [0.1, 0.15) is 27.2 Å². The summed E-state index contributed by atoms with van der Waals surface area (Å²) < 4.78 is 11.0. The first-order chi connectivity index (χ1) is 11.1. The van der Waals surface area contributed by atoms with Crippen molar-refractivity contribution in [3.05, 3.63) is 0 Å².